The number of halogens is 1. The van der Waals surface area contributed by atoms with Crippen molar-refractivity contribution in [2.24, 2.45) is 5.10 Å². The third-order valence-electron chi connectivity index (χ3n) is 3.30. The fourth-order valence-electron chi connectivity index (χ4n) is 2.01. The standard InChI is InChI=1S/C15H19ClN4O2/c1-4-5-7-20-14(16)13(10(2)19-20)9-17-18-15(21)12-6-8-22-11(12)3/h6,8-9H,4-5,7H2,1-3H3,(H,18,21)/b17-9-. The minimum absolute atomic E-state index is 0.324. The first kappa shape index (κ1) is 16.3. The largest absolute Gasteiger partial charge is 0.469 e. The fraction of sp³-hybridized carbons (Fsp3) is 0.400. The molecule has 2 aromatic heterocycles. The van der Waals surface area contributed by atoms with E-state index in [1.54, 1.807) is 17.7 Å². The number of amides is 1. The van der Waals surface area contributed by atoms with E-state index < -0.39 is 0 Å². The summed E-state index contributed by atoms with van der Waals surface area (Å²) in [6.45, 7) is 6.46. The predicted octanol–water partition coefficient (Wildman–Crippen LogP) is 3.31. The summed E-state index contributed by atoms with van der Waals surface area (Å²) in [6.07, 6.45) is 5.06. The van der Waals surface area contributed by atoms with Crippen molar-refractivity contribution in [1.82, 2.24) is 15.2 Å². The van der Waals surface area contributed by atoms with Crippen LogP contribution < -0.4 is 5.43 Å². The molecule has 0 spiro atoms. The summed E-state index contributed by atoms with van der Waals surface area (Å²) in [7, 11) is 0. The molecule has 0 unspecified atom stereocenters. The van der Waals surface area contributed by atoms with Gasteiger partial charge in [-0.05, 0) is 26.3 Å². The van der Waals surface area contributed by atoms with Crippen LogP contribution in [-0.4, -0.2) is 21.9 Å². The molecule has 1 N–H and O–H groups in total. The second kappa shape index (κ2) is 7.26. The van der Waals surface area contributed by atoms with E-state index in [-0.39, 0.29) is 5.91 Å². The van der Waals surface area contributed by atoms with Gasteiger partial charge in [0.2, 0.25) is 0 Å². The molecule has 0 radical (unpaired) electrons. The number of carbonyl (C=O) groups is 1. The molecule has 0 aliphatic heterocycles. The van der Waals surface area contributed by atoms with Crippen molar-refractivity contribution in [2.45, 2.75) is 40.2 Å². The van der Waals surface area contributed by atoms with Crippen LogP contribution in [0.4, 0.5) is 0 Å². The van der Waals surface area contributed by atoms with Crippen molar-refractivity contribution < 1.29 is 9.21 Å². The van der Waals surface area contributed by atoms with E-state index >= 15 is 0 Å². The Morgan fingerprint density at radius 2 is 2.32 bits per heavy atom. The zero-order valence-corrected chi connectivity index (χ0v) is 13.6. The van der Waals surface area contributed by atoms with Crippen molar-refractivity contribution in [2.75, 3.05) is 0 Å². The van der Waals surface area contributed by atoms with Gasteiger partial charge in [-0.25, -0.2) is 5.43 Å². The molecule has 0 fully saturated rings. The van der Waals surface area contributed by atoms with Gasteiger partial charge in [0.05, 0.1) is 29.3 Å². The third kappa shape index (κ3) is 3.57. The van der Waals surface area contributed by atoms with E-state index in [2.05, 4.69) is 22.5 Å². The van der Waals surface area contributed by atoms with Crippen LogP contribution in [0.25, 0.3) is 0 Å². The summed E-state index contributed by atoms with van der Waals surface area (Å²) in [5.41, 5.74) is 4.40. The van der Waals surface area contributed by atoms with Crippen LogP contribution in [0.2, 0.25) is 5.15 Å². The Morgan fingerprint density at radius 1 is 1.55 bits per heavy atom. The average molecular weight is 323 g/mol. The molecule has 6 nitrogen and oxygen atoms in total. The van der Waals surface area contributed by atoms with Crippen molar-refractivity contribution in [3.63, 3.8) is 0 Å². The van der Waals surface area contributed by atoms with Crippen molar-refractivity contribution in [3.05, 3.63) is 40.1 Å². The van der Waals surface area contributed by atoms with Crippen LogP contribution >= 0.6 is 11.6 Å². The molecule has 7 heteroatoms. The van der Waals surface area contributed by atoms with Crippen molar-refractivity contribution in [1.29, 1.82) is 0 Å². The van der Waals surface area contributed by atoms with Crippen LogP contribution in [-0.2, 0) is 6.54 Å². The number of rotatable bonds is 6. The number of hydrogen-bond donors (Lipinski definition) is 1. The van der Waals surface area contributed by atoms with Gasteiger partial charge in [-0.3, -0.25) is 9.48 Å². The Bertz CT molecular complexity index is 688. The average Bonchev–Trinajstić information content (AvgIpc) is 3.03. The Balaban J connectivity index is 2.06. The molecular formula is C15H19ClN4O2. The monoisotopic (exact) mass is 322 g/mol. The van der Waals surface area contributed by atoms with Crippen LogP contribution in [0.1, 0.15) is 47.1 Å². The summed E-state index contributed by atoms with van der Waals surface area (Å²) >= 11 is 6.29. The molecule has 0 bridgehead atoms. The lowest BCUT2D eigenvalue weighted by Gasteiger charge is -2.00. The van der Waals surface area contributed by atoms with E-state index in [0.717, 1.165) is 25.1 Å². The number of furan rings is 1. The number of hydrazone groups is 1. The summed E-state index contributed by atoms with van der Waals surface area (Å²) in [6, 6.07) is 1.60. The van der Waals surface area contributed by atoms with Crippen LogP contribution in [0.3, 0.4) is 0 Å². The lowest BCUT2D eigenvalue weighted by atomic mass is 10.2. The Morgan fingerprint density at radius 3 is 2.95 bits per heavy atom. The van der Waals surface area contributed by atoms with E-state index in [4.69, 9.17) is 16.0 Å². The van der Waals surface area contributed by atoms with Crippen LogP contribution in [0.5, 0.6) is 0 Å². The smallest absolute Gasteiger partial charge is 0.274 e. The minimum atomic E-state index is -0.324. The number of nitrogens with zero attached hydrogens (tertiary/aromatic N) is 3. The number of unbranched alkanes of at least 4 members (excludes halogenated alkanes) is 1. The van der Waals surface area contributed by atoms with Gasteiger partial charge in [0, 0.05) is 6.54 Å². The summed E-state index contributed by atoms with van der Waals surface area (Å²) < 4.78 is 6.84. The number of aryl methyl sites for hydroxylation is 3. The molecule has 118 valence electrons. The SMILES string of the molecule is CCCCn1nc(C)c(/C=N\NC(=O)c2ccoc2C)c1Cl. The van der Waals surface area contributed by atoms with Gasteiger partial charge < -0.3 is 4.42 Å². The molecule has 2 heterocycles. The Hall–Kier alpha value is -2.08. The highest BCUT2D eigenvalue weighted by atomic mass is 35.5. The van der Waals surface area contributed by atoms with E-state index in [1.807, 2.05) is 6.92 Å². The molecule has 0 aliphatic carbocycles. The first-order chi connectivity index (χ1) is 10.5. The predicted molar refractivity (Wildman–Crippen MR) is 85.4 cm³/mol. The molecule has 0 saturated carbocycles. The maximum atomic E-state index is 11.9. The van der Waals surface area contributed by atoms with E-state index in [9.17, 15) is 4.79 Å². The molecule has 22 heavy (non-hydrogen) atoms. The van der Waals surface area contributed by atoms with Crippen molar-refractivity contribution in [3.8, 4) is 0 Å². The molecule has 0 saturated heterocycles. The molecule has 0 aromatic carbocycles. The second-order valence-corrected chi connectivity index (χ2v) is 5.31. The summed E-state index contributed by atoms with van der Waals surface area (Å²) in [4.78, 5) is 11.9. The molecule has 0 aliphatic rings. The highest BCUT2D eigenvalue weighted by Crippen LogP contribution is 2.18. The van der Waals surface area contributed by atoms with Gasteiger partial charge >= 0.3 is 0 Å². The molecule has 1 amide bonds. The van der Waals surface area contributed by atoms with Crippen molar-refractivity contribution >= 4 is 23.7 Å². The van der Waals surface area contributed by atoms with Gasteiger partial charge in [0.25, 0.3) is 5.91 Å². The highest BCUT2D eigenvalue weighted by Gasteiger charge is 2.12. The maximum Gasteiger partial charge on any atom is 0.274 e. The topological polar surface area (TPSA) is 72.4 Å². The fourth-order valence-corrected chi connectivity index (χ4v) is 2.31. The van der Waals surface area contributed by atoms with Gasteiger partial charge in [0.15, 0.2) is 0 Å². The Kier molecular flexibility index (Phi) is 5.38. The molecule has 2 rings (SSSR count). The van der Waals surface area contributed by atoms with E-state index in [1.165, 1.54) is 12.5 Å². The normalized spacial score (nSPS) is 11.3. The molecular weight excluding hydrogens is 304 g/mol. The zero-order valence-electron chi connectivity index (χ0n) is 12.9. The first-order valence-electron chi connectivity index (χ1n) is 7.15. The lowest BCUT2D eigenvalue weighted by molar-refractivity contribution is 0.0953. The first-order valence-corrected chi connectivity index (χ1v) is 7.52. The minimum Gasteiger partial charge on any atom is -0.469 e. The number of hydrogen-bond acceptors (Lipinski definition) is 4. The van der Waals surface area contributed by atoms with Gasteiger partial charge in [-0.15, -0.1) is 0 Å². The van der Waals surface area contributed by atoms with E-state index in [0.29, 0.717) is 22.0 Å². The molecule has 2 aromatic rings. The number of carbonyl (C=O) groups excluding carboxylic acids is 1. The lowest BCUT2D eigenvalue weighted by Crippen LogP contribution is -2.17. The highest BCUT2D eigenvalue weighted by molar-refractivity contribution is 6.32. The summed E-state index contributed by atoms with van der Waals surface area (Å²) in [5.74, 6) is 0.226. The quantitative estimate of drug-likeness (QED) is 0.655. The number of aromatic nitrogens is 2. The summed E-state index contributed by atoms with van der Waals surface area (Å²) in [5, 5.41) is 8.86. The Labute approximate surface area is 134 Å². The second-order valence-electron chi connectivity index (χ2n) is 4.96. The zero-order chi connectivity index (χ0) is 16.1. The van der Waals surface area contributed by atoms with Gasteiger partial charge in [-0.1, -0.05) is 24.9 Å². The van der Waals surface area contributed by atoms with Crippen LogP contribution in [0, 0.1) is 13.8 Å². The van der Waals surface area contributed by atoms with Crippen LogP contribution in [0.15, 0.2) is 21.8 Å². The third-order valence-corrected chi connectivity index (χ3v) is 3.69. The maximum absolute atomic E-state index is 11.9. The molecule has 0 atom stereocenters. The number of nitrogens with one attached hydrogen (secondary N) is 1. The van der Waals surface area contributed by atoms with Gasteiger partial charge in [-0.2, -0.15) is 10.2 Å². The van der Waals surface area contributed by atoms with Gasteiger partial charge in [0.1, 0.15) is 10.9 Å².